The molecule has 1 aromatic carbocycles. The van der Waals surface area contributed by atoms with Crippen molar-refractivity contribution in [1.82, 2.24) is 0 Å². The number of carbonyl (C=O) groups excluding carboxylic acids is 1. The first-order valence-corrected chi connectivity index (χ1v) is 5.22. The molecule has 0 unspecified atom stereocenters. The first-order valence-electron chi connectivity index (χ1n) is 5.22. The van der Waals surface area contributed by atoms with Crippen LogP contribution in [0, 0.1) is 6.92 Å². The van der Waals surface area contributed by atoms with Crippen LogP contribution >= 0.6 is 0 Å². The Labute approximate surface area is 86.1 Å². The summed E-state index contributed by atoms with van der Waals surface area (Å²) < 4.78 is 0. The van der Waals surface area contributed by atoms with Gasteiger partial charge in [0.2, 0.25) is 0 Å². The molecule has 0 aliphatic carbocycles. The average molecular weight is 189 g/mol. The molecule has 1 rings (SSSR count). The lowest BCUT2D eigenvalue weighted by molar-refractivity contribution is 0.0979. The number of rotatable bonds is 6. The van der Waals surface area contributed by atoms with E-state index in [1.54, 1.807) is 0 Å². The molecular weight excluding hydrogens is 172 g/mol. The van der Waals surface area contributed by atoms with Crippen molar-refractivity contribution in [3.63, 3.8) is 0 Å². The first-order chi connectivity index (χ1) is 6.84. The van der Waals surface area contributed by atoms with Crippen molar-refractivity contribution in [2.75, 3.05) is 0 Å². The minimum atomic E-state index is 0.259. The Hall–Kier alpha value is -1.11. The Morgan fingerprint density at radius 1 is 1.07 bits per heavy atom. The molecule has 0 aliphatic rings. The highest BCUT2D eigenvalue weighted by Crippen LogP contribution is 2.08. The minimum Gasteiger partial charge on any atom is -0.294 e. The predicted octanol–water partition coefficient (Wildman–Crippen LogP) is 3.65. The van der Waals surface area contributed by atoms with Crippen LogP contribution in [0.3, 0.4) is 0 Å². The molecule has 0 saturated heterocycles. The Morgan fingerprint density at radius 2 is 1.79 bits per heavy atom. The van der Waals surface area contributed by atoms with Gasteiger partial charge in [-0.2, -0.15) is 0 Å². The molecule has 0 heterocycles. The zero-order valence-electron chi connectivity index (χ0n) is 8.54. The van der Waals surface area contributed by atoms with Crippen LogP contribution in [0.5, 0.6) is 0 Å². The molecule has 0 spiro atoms. The van der Waals surface area contributed by atoms with E-state index < -0.39 is 0 Å². The molecule has 1 radical (unpaired) electrons. The van der Waals surface area contributed by atoms with Gasteiger partial charge in [-0.25, -0.2) is 0 Å². The van der Waals surface area contributed by atoms with Crippen molar-refractivity contribution in [1.29, 1.82) is 0 Å². The molecule has 0 aromatic heterocycles. The van der Waals surface area contributed by atoms with Crippen molar-refractivity contribution in [3.8, 4) is 0 Å². The Balaban J connectivity index is 2.29. The van der Waals surface area contributed by atoms with E-state index >= 15 is 0 Å². The van der Waals surface area contributed by atoms with Gasteiger partial charge in [0.05, 0.1) is 0 Å². The summed E-state index contributed by atoms with van der Waals surface area (Å²) in [6, 6.07) is 9.50. The number of benzene rings is 1. The highest BCUT2D eigenvalue weighted by atomic mass is 16.1. The highest BCUT2D eigenvalue weighted by molar-refractivity contribution is 5.95. The summed E-state index contributed by atoms with van der Waals surface area (Å²) in [7, 11) is 0. The van der Waals surface area contributed by atoms with E-state index in [9.17, 15) is 4.79 Å². The molecule has 14 heavy (non-hydrogen) atoms. The van der Waals surface area contributed by atoms with E-state index in [4.69, 9.17) is 0 Å². The number of Topliss-reactive ketones (excluding diaryl/α,β-unsaturated/α-hetero) is 1. The van der Waals surface area contributed by atoms with Gasteiger partial charge < -0.3 is 0 Å². The van der Waals surface area contributed by atoms with Gasteiger partial charge in [-0.3, -0.25) is 4.79 Å². The standard InChI is InChI=1S/C13H17O/c1-2-3-4-8-11-13(14)12-9-6-5-7-10-12/h5-7,9-10H,1-4,8,11H2. The van der Waals surface area contributed by atoms with Crippen molar-refractivity contribution in [2.24, 2.45) is 0 Å². The number of ketones is 1. The first kappa shape index (κ1) is 11.0. The van der Waals surface area contributed by atoms with Gasteiger partial charge in [-0.15, -0.1) is 0 Å². The highest BCUT2D eigenvalue weighted by Gasteiger charge is 2.03. The largest absolute Gasteiger partial charge is 0.294 e. The average Bonchev–Trinajstić information content (AvgIpc) is 2.25. The second-order valence-electron chi connectivity index (χ2n) is 3.45. The second kappa shape index (κ2) is 6.36. The summed E-state index contributed by atoms with van der Waals surface area (Å²) in [5.41, 5.74) is 0.835. The molecule has 0 fully saturated rings. The Kier molecular flexibility index (Phi) is 4.98. The van der Waals surface area contributed by atoms with E-state index in [2.05, 4.69) is 6.92 Å². The quantitative estimate of drug-likeness (QED) is 0.493. The van der Waals surface area contributed by atoms with E-state index in [1.165, 1.54) is 0 Å². The summed E-state index contributed by atoms with van der Waals surface area (Å²) in [6.07, 6.45) is 4.87. The van der Waals surface area contributed by atoms with Gasteiger partial charge in [0.25, 0.3) is 0 Å². The van der Waals surface area contributed by atoms with Crippen molar-refractivity contribution < 1.29 is 4.79 Å². The fourth-order valence-electron chi connectivity index (χ4n) is 1.41. The van der Waals surface area contributed by atoms with Gasteiger partial charge >= 0.3 is 0 Å². The van der Waals surface area contributed by atoms with E-state index in [0.717, 1.165) is 31.2 Å². The molecule has 1 aromatic rings. The van der Waals surface area contributed by atoms with Crippen LogP contribution in [0.25, 0.3) is 0 Å². The Morgan fingerprint density at radius 3 is 2.43 bits per heavy atom. The SMILES string of the molecule is [CH2]CCCCCC(=O)c1ccccc1. The number of unbranched alkanes of at least 4 members (excludes halogenated alkanes) is 3. The van der Waals surface area contributed by atoms with Crippen LogP contribution < -0.4 is 0 Å². The smallest absolute Gasteiger partial charge is 0.162 e. The van der Waals surface area contributed by atoms with Crippen LogP contribution in [0.2, 0.25) is 0 Å². The molecule has 0 atom stereocenters. The summed E-state index contributed by atoms with van der Waals surface area (Å²) in [5.74, 6) is 0.259. The van der Waals surface area contributed by atoms with Gasteiger partial charge in [0.15, 0.2) is 5.78 Å². The molecule has 0 bridgehead atoms. The maximum atomic E-state index is 11.6. The third kappa shape index (κ3) is 3.73. The van der Waals surface area contributed by atoms with Crippen molar-refractivity contribution >= 4 is 5.78 Å². The maximum Gasteiger partial charge on any atom is 0.162 e. The van der Waals surface area contributed by atoms with Crippen LogP contribution in [-0.2, 0) is 0 Å². The predicted molar refractivity (Wildman–Crippen MR) is 59.2 cm³/mol. The Bertz CT molecular complexity index is 264. The monoisotopic (exact) mass is 189 g/mol. The van der Waals surface area contributed by atoms with Gasteiger partial charge in [-0.1, -0.05) is 56.5 Å². The lowest BCUT2D eigenvalue weighted by Gasteiger charge is -2.00. The van der Waals surface area contributed by atoms with Gasteiger partial charge in [0.1, 0.15) is 0 Å². The van der Waals surface area contributed by atoms with Crippen molar-refractivity contribution in [2.45, 2.75) is 32.1 Å². The lowest BCUT2D eigenvalue weighted by atomic mass is 10.0. The van der Waals surface area contributed by atoms with Crippen LogP contribution in [-0.4, -0.2) is 5.78 Å². The second-order valence-corrected chi connectivity index (χ2v) is 3.45. The summed E-state index contributed by atoms with van der Waals surface area (Å²) in [4.78, 5) is 11.6. The molecule has 1 nitrogen and oxygen atoms in total. The maximum absolute atomic E-state index is 11.6. The van der Waals surface area contributed by atoms with Crippen molar-refractivity contribution in [3.05, 3.63) is 42.8 Å². The molecule has 0 saturated carbocycles. The zero-order chi connectivity index (χ0) is 10.2. The zero-order valence-corrected chi connectivity index (χ0v) is 8.54. The summed E-state index contributed by atoms with van der Waals surface area (Å²) >= 11 is 0. The number of hydrogen-bond donors (Lipinski definition) is 0. The van der Waals surface area contributed by atoms with Gasteiger partial charge in [-0.05, 0) is 6.42 Å². The third-order valence-corrected chi connectivity index (χ3v) is 2.25. The molecule has 0 N–H and O–H groups in total. The van der Waals surface area contributed by atoms with Crippen LogP contribution in [0.4, 0.5) is 0 Å². The molecule has 1 heteroatoms. The summed E-state index contributed by atoms with van der Waals surface area (Å²) in [6.45, 7) is 3.78. The molecule has 0 amide bonds. The van der Waals surface area contributed by atoms with E-state index in [0.29, 0.717) is 6.42 Å². The summed E-state index contributed by atoms with van der Waals surface area (Å²) in [5, 5.41) is 0. The molecule has 75 valence electrons. The fraction of sp³-hybridized carbons (Fsp3) is 0.385. The van der Waals surface area contributed by atoms with E-state index in [-0.39, 0.29) is 5.78 Å². The minimum absolute atomic E-state index is 0.259. The van der Waals surface area contributed by atoms with Gasteiger partial charge in [0, 0.05) is 12.0 Å². The number of hydrogen-bond acceptors (Lipinski definition) is 1. The molecule has 0 aliphatic heterocycles. The normalized spacial score (nSPS) is 10.1. The van der Waals surface area contributed by atoms with Crippen LogP contribution in [0.15, 0.2) is 30.3 Å². The lowest BCUT2D eigenvalue weighted by Crippen LogP contribution is -1.97. The number of carbonyl (C=O) groups is 1. The third-order valence-electron chi connectivity index (χ3n) is 2.25. The topological polar surface area (TPSA) is 17.1 Å². The molecular formula is C13H17O. The van der Waals surface area contributed by atoms with Crippen LogP contribution in [0.1, 0.15) is 42.5 Å². The fourth-order valence-corrected chi connectivity index (χ4v) is 1.41. The van der Waals surface area contributed by atoms with E-state index in [1.807, 2.05) is 30.3 Å².